The molecule has 108 valence electrons. The summed E-state index contributed by atoms with van der Waals surface area (Å²) < 4.78 is 9.62. The summed E-state index contributed by atoms with van der Waals surface area (Å²) in [6.07, 6.45) is 1.25. The Morgan fingerprint density at radius 2 is 1.80 bits per heavy atom. The van der Waals surface area contributed by atoms with Gasteiger partial charge >= 0.3 is 11.9 Å². The maximum atomic E-state index is 11.7. The smallest absolute Gasteiger partial charge is 0.347 e. The Kier molecular flexibility index (Phi) is 6.09. The predicted octanol–water partition coefficient (Wildman–Crippen LogP) is 1.69. The van der Waals surface area contributed by atoms with E-state index in [2.05, 4.69) is 5.32 Å². The van der Waals surface area contributed by atoms with Gasteiger partial charge in [0.2, 0.25) is 0 Å². The molecule has 0 atom stereocenters. The van der Waals surface area contributed by atoms with Crippen LogP contribution in [0, 0.1) is 0 Å². The van der Waals surface area contributed by atoms with Gasteiger partial charge in [-0.25, -0.2) is 9.59 Å². The third kappa shape index (κ3) is 4.64. The second-order valence-corrected chi connectivity index (χ2v) is 3.77. The maximum absolute atomic E-state index is 11.7. The molecule has 6 heteroatoms. The van der Waals surface area contributed by atoms with Crippen LogP contribution in [0.3, 0.4) is 0 Å². The molecule has 0 unspecified atom stereocenters. The van der Waals surface area contributed by atoms with Crippen molar-refractivity contribution in [2.75, 3.05) is 24.3 Å². The molecule has 0 bridgehead atoms. The van der Waals surface area contributed by atoms with E-state index >= 15 is 0 Å². The van der Waals surface area contributed by atoms with Gasteiger partial charge < -0.3 is 20.5 Å². The summed E-state index contributed by atoms with van der Waals surface area (Å²) in [6, 6.07) is 6.90. The van der Waals surface area contributed by atoms with Gasteiger partial charge in [0.15, 0.2) is 5.57 Å². The van der Waals surface area contributed by atoms with Crippen LogP contribution >= 0.6 is 0 Å². The Morgan fingerprint density at radius 3 is 2.30 bits per heavy atom. The summed E-state index contributed by atoms with van der Waals surface area (Å²) in [7, 11) is 0. The number of carbonyl (C=O) groups is 2. The third-order valence-corrected chi connectivity index (χ3v) is 2.26. The van der Waals surface area contributed by atoms with Gasteiger partial charge in [-0.3, -0.25) is 0 Å². The molecule has 0 heterocycles. The zero-order valence-corrected chi connectivity index (χ0v) is 11.5. The Balaban J connectivity index is 2.89. The van der Waals surface area contributed by atoms with Crippen molar-refractivity contribution in [1.82, 2.24) is 0 Å². The molecule has 20 heavy (non-hydrogen) atoms. The zero-order valence-electron chi connectivity index (χ0n) is 11.5. The van der Waals surface area contributed by atoms with Crippen molar-refractivity contribution >= 4 is 23.3 Å². The number of anilines is 2. The number of nitrogen functional groups attached to an aromatic ring is 1. The molecule has 0 aliphatic heterocycles. The summed E-state index contributed by atoms with van der Waals surface area (Å²) in [4.78, 5) is 23.4. The summed E-state index contributed by atoms with van der Waals surface area (Å²) in [6.45, 7) is 3.67. The second kappa shape index (κ2) is 7.83. The van der Waals surface area contributed by atoms with E-state index in [1.165, 1.54) is 6.20 Å². The first kappa shape index (κ1) is 15.6. The SMILES string of the molecule is CCOC(=O)C(=CNc1cccc(N)c1)C(=O)OCC. The fourth-order valence-corrected chi connectivity index (χ4v) is 1.40. The minimum Gasteiger partial charge on any atom is -0.462 e. The predicted molar refractivity (Wildman–Crippen MR) is 75.8 cm³/mol. The molecule has 0 aromatic heterocycles. The molecule has 0 aliphatic rings. The average molecular weight is 278 g/mol. The topological polar surface area (TPSA) is 90.6 Å². The van der Waals surface area contributed by atoms with E-state index < -0.39 is 11.9 Å². The molecule has 1 aromatic rings. The molecular weight excluding hydrogens is 260 g/mol. The van der Waals surface area contributed by atoms with Crippen LogP contribution in [-0.4, -0.2) is 25.2 Å². The number of esters is 2. The summed E-state index contributed by atoms with van der Waals surface area (Å²) in [5.74, 6) is -1.47. The number of hydrogen-bond donors (Lipinski definition) is 2. The van der Waals surface area contributed by atoms with E-state index in [4.69, 9.17) is 15.2 Å². The van der Waals surface area contributed by atoms with E-state index in [9.17, 15) is 9.59 Å². The van der Waals surface area contributed by atoms with Crippen LogP contribution in [0.4, 0.5) is 11.4 Å². The highest BCUT2D eigenvalue weighted by Gasteiger charge is 2.20. The lowest BCUT2D eigenvalue weighted by Gasteiger charge is -2.08. The Bertz CT molecular complexity index is 492. The number of nitrogens with one attached hydrogen (secondary N) is 1. The fraction of sp³-hybridized carbons (Fsp3) is 0.286. The van der Waals surface area contributed by atoms with Crippen LogP contribution in [0.5, 0.6) is 0 Å². The Hall–Kier alpha value is -2.50. The summed E-state index contributed by atoms with van der Waals surface area (Å²) in [5.41, 5.74) is 6.65. The van der Waals surface area contributed by atoms with Crippen LogP contribution in [0.2, 0.25) is 0 Å². The van der Waals surface area contributed by atoms with Gasteiger partial charge in [0.05, 0.1) is 13.2 Å². The monoisotopic (exact) mass is 278 g/mol. The van der Waals surface area contributed by atoms with Gasteiger partial charge in [-0.15, -0.1) is 0 Å². The Labute approximate surface area is 117 Å². The first-order valence-corrected chi connectivity index (χ1v) is 6.25. The quantitative estimate of drug-likeness (QED) is 0.270. The van der Waals surface area contributed by atoms with Crippen LogP contribution in [0.15, 0.2) is 36.0 Å². The van der Waals surface area contributed by atoms with Gasteiger partial charge in [0, 0.05) is 17.6 Å². The normalized spacial score (nSPS) is 9.50. The molecule has 0 amide bonds. The van der Waals surface area contributed by atoms with Crippen LogP contribution in [0.1, 0.15) is 13.8 Å². The van der Waals surface area contributed by atoms with Crippen LogP contribution in [-0.2, 0) is 19.1 Å². The minimum absolute atomic E-state index is 0.174. The lowest BCUT2D eigenvalue weighted by molar-refractivity contribution is -0.146. The number of carbonyl (C=O) groups excluding carboxylic acids is 2. The molecule has 0 saturated carbocycles. The molecule has 0 aliphatic carbocycles. The lowest BCUT2D eigenvalue weighted by Crippen LogP contribution is -2.19. The molecule has 3 N–H and O–H groups in total. The number of benzene rings is 1. The lowest BCUT2D eigenvalue weighted by atomic mass is 10.2. The number of nitrogens with two attached hydrogens (primary N) is 1. The van der Waals surface area contributed by atoms with Crippen molar-refractivity contribution in [2.24, 2.45) is 0 Å². The van der Waals surface area contributed by atoms with Gasteiger partial charge in [0.1, 0.15) is 0 Å². The highest BCUT2D eigenvalue weighted by atomic mass is 16.6. The van der Waals surface area contributed by atoms with Crippen molar-refractivity contribution in [3.8, 4) is 0 Å². The molecule has 1 aromatic carbocycles. The van der Waals surface area contributed by atoms with Crippen molar-refractivity contribution in [3.05, 3.63) is 36.0 Å². The van der Waals surface area contributed by atoms with Gasteiger partial charge in [-0.1, -0.05) is 6.07 Å². The highest BCUT2D eigenvalue weighted by Crippen LogP contribution is 2.13. The summed E-state index contributed by atoms with van der Waals surface area (Å²) in [5, 5.41) is 2.82. The van der Waals surface area contributed by atoms with Crippen LogP contribution in [0.25, 0.3) is 0 Å². The van der Waals surface area contributed by atoms with E-state index in [1.807, 2.05) is 0 Å². The van der Waals surface area contributed by atoms with E-state index in [0.29, 0.717) is 11.4 Å². The fourth-order valence-electron chi connectivity index (χ4n) is 1.40. The van der Waals surface area contributed by atoms with Gasteiger partial charge in [-0.2, -0.15) is 0 Å². The first-order chi connectivity index (χ1) is 9.58. The minimum atomic E-state index is -0.734. The molecule has 0 spiro atoms. The summed E-state index contributed by atoms with van der Waals surface area (Å²) >= 11 is 0. The van der Waals surface area contributed by atoms with Gasteiger partial charge in [-0.05, 0) is 32.0 Å². The highest BCUT2D eigenvalue weighted by molar-refractivity contribution is 6.14. The number of rotatable bonds is 6. The maximum Gasteiger partial charge on any atom is 0.347 e. The van der Waals surface area contributed by atoms with E-state index in [0.717, 1.165) is 0 Å². The first-order valence-electron chi connectivity index (χ1n) is 6.25. The zero-order chi connectivity index (χ0) is 15.0. The van der Waals surface area contributed by atoms with Crippen LogP contribution < -0.4 is 11.1 Å². The largest absolute Gasteiger partial charge is 0.462 e. The van der Waals surface area contributed by atoms with Gasteiger partial charge in [0.25, 0.3) is 0 Å². The third-order valence-electron chi connectivity index (χ3n) is 2.26. The molecule has 6 nitrogen and oxygen atoms in total. The van der Waals surface area contributed by atoms with E-state index in [-0.39, 0.29) is 18.8 Å². The van der Waals surface area contributed by atoms with E-state index in [1.54, 1.807) is 38.1 Å². The molecule has 0 fully saturated rings. The van der Waals surface area contributed by atoms with Crippen molar-refractivity contribution < 1.29 is 19.1 Å². The standard InChI is InChI=1S/C14H18N2O4/c1-3-19-13(17)12(14(18)20-4-2)9-16-11-7-5-6-10(15)8-11/h5-9,16H,3-4,15H2,1-2H3. The second-order valence-electron chi connectivity index (χ2n) is 3.77. The van der Waals surface area contributed by atoms with Crippen molar-refractivity contribution in [1.29, 1.82) is 0 Å². The van der Waals surface area contributed by atoms with Crippen molar-refractivity contribution in [3.63, 3.8) is 0 Å². The molecular formula is C14H18N2O4. The van der Waals surface area contributed by atoms with Crippen molar-refractivity contribution in [2.45, 2.75) is 13.8 Å². The number of ether oxygens (including phenoxy) is 2. The molecule has 0 saturated heterocycles. The number of hydrogen-bond acceptors (Lipinski definition) is 6. The average Bonchev–Trinajstić information content (AvgIpc) is 2.39. The Morgan fingerprint density at radius 1 is 1.20 bits per heavy atom. The molecule has 1 rings (SSSR count). The molecule has 0 radical (unpaired) electrons.